The van der Waals surface area contributed by atoms with Gasteiger partial charge in [-0.05, 0) is 24.6 Å². The van der Waals surface area contributed by atoms with Crippen LogP contribution in [0.25, 0.3) is 0 Å². The van der Waals surface area contributed by atoms with Gasteiger partial charge in [0.25, 0.3) is 0 Å². The molecule has 27 heavy (non-hydrogen) atoms. The van der Waals surface area contributed by atoms with Gasteiger partial charge in [-0.2, -0.15) is 13.2 Å². The highest BCUT2D eigenvalue weighted by Crippen LogP contribution is 2.29. The summed E-state index contributed by atoms with van der Waals surface area (Å²) in [6, 6.07) is 8.56. The van der Waals surface area contributed by atoms with Crippen LogP contribution in [0.2, 0.25) is 0 Å². The van der Waals surface area contributed by atoms with Gasteiger partial charge in [0.1, 0.15) is 11.6 Å². The van der Waals surface area contributed by atoms with Crippen molar-refractivity contribution in [2.75, 3.05) is 37.6 Å². The van der Waals surface area contributed by atoms with Crippen LogP contribution in [0.5, 0.6) is 0 Å². The van der Waals surface area contributed by atoms with Crippen molar-refractivity contribution < 1.29 is 22.7 Å². The summed E-state index contributed by atoms with van der Waals surface area (Å²) in [7, 11) is 0. The van der Waals surface area contributed by atoms with Crippen molar-refractivity contribution in [1.29, 1.82) is 0 Å². The van der Waals surface area contributed by atoms with Gasteiger partial charge < -0.3 is 10.0 Å². The van der Waals surface area contributed by atoms with Gasteiger partial charge in [-0.3, -0.25) is 4.90 Å². The zero-order valence-electron chi connectivity index (χ0n) is 14.7. The Morgan fingerprint density at radius 2 is 1.81 bits per heavy atom. The van der Waals surface area contributed by atoms with Crippen molar-refractivity contribution in [2.45, 2.75) is 18.7 Å². The summed E-state index contributed by atoms with van der Waals surface area (Å²) in [5.41, 5.74) is -0.501. The molecule has 1 saturated heterocycles. The van der Waals surface area contributed by atoms with Crippen molar-refractivity contribution in [3.63, 3.8) is 0 Å². The Morgan fingerprint density at radius 3 is 2.48 bits per heavy atom. The number of aliphatic hydroxyl groups is 1. The predicted molar refractivity (Wildman–Crippen MR) is 93.9 cm³/mol. The molecule has 1 atom stereocenters. The minimum absolute atomic E-state index is 0.267. The average molecular weight is 383 g/mol. The van der Waals surface area contributed by atoms with Gasteiger partial charge >= 0.3 is 6.18 Å². The number of rotatable bonds is 4. The smallest absolute Gasteiger partial charge is 0.387 e. The van der Waals surface area contributed by atoms with E-state index in [4.69, 9.17) is 0 Å². The molecule has 1 aromatic carbocycles. The summed E-state index contributed by atoms with van der Waals surface area (Å²) < 4.78 is 51.8. The van der Waals surface area contributed by atoms with E-state index in [0.717, 1.165) is 18.7 Å². The molecule has 0 amide bonds. The standard InChI is InChI=1S/C19H21F4N3O/c20-16-5-2-1-4-15(16)17(27)13-25-8-3-9-26(11-10-25)18-7-6-14(12-24-18)19(21,22)23/h1-2,4-7,12,17,27H,3,8-11,13H2/t17-/m0/s1. The van der Waals surface area contributed by atoms with Crippen LogP contribution < -0.4 is 4.90 Å². The van der Waals surface area contributed by atoms with Crippen LogP contribution in [0.1, 0.15) is 23.7 Å². The predicted octanol–water partition coefficient (Wildman–Crippen LogP) is 3.49. The van der Waals surface area contributed by atoms with Crippen molar-refractivity contribution in [3.8, 4) is 0 Å². The SMILES string of the molecule is O[C@@H](CN1CCCN(c2ccc(C(F)(F)F)cn2)CC1)c1ccccc1F. The zero-order valence-corrected chi connectivity index (χ0v) is 14.7. The van der Waals surface area contributed by atoms with Crippen LogP contribution in [0.3, 0.4) is 0 Å². The Labute approximate surface area is 155 Å². The minimum Gasteiger partial charge on any atom is -0.387 e. The number of hydrogen-bond acceptors (Lipinski definition) is 4. The lowest BCUT2D eigenvalue weighted by molar-refractivity contribution is -0.137. The molecule has 0 saturated carbocycles. The van der Waals surface area contributed by atoms with Crippen molar-refractivity contribution in [2.24, 2.45) is 0 Å². The minimum atomic E-state index is -4.40. The van der Waals surface area contributed by atoms with Crippen LogP contribution >= 0.6 is 0 Å². The van der Waals surface area contributed by atoms with Gasteiger partial charge in [0, 0.05) is 44.5 Å². The number of alkyl halides is 3. The topological polar surface area (TPSA) is 39.6 Å². The number of hydrogen-bond donors (Lipinski definition) is 1. The Morgan fingerprint density at radius 1 is 1.04 bits per heavy atom. The molecule has 1 aliphatic heterocycles. The largest absolute Gasteiger partial charge is 0.417 e. The highest BCUT2D eigenvalue weighted by atomic mass is 19.4. The third-order valence-corrected chi connectivity index (χ3v) is 4.68. The fourth-order valence-electron chi connectivity index (χ4n) is 3.21. The maximum Gasteiger partial charge on any atom is 0.417 e. The maximum atomic E-state index is 13.8. The quantitative estimate of drug-likeness (QED) is 0.821. The molecule has 2 heterocycles. The summed E-state index contributed by atoms with van der Waals surface area (Å²) in [5.74, 6) is 0.0647. The third-order valence-electron chi connectivity index (χ3n) is 4.68. The molecule has 1 aromatic heterocycles. The molecule has 146 valence electrons. The number of aromatic nitrogens is 1. The van der Waals surface area contributed by atoms with Crippen LogP contribution in [0, 0.1) is 5.82 Å². The summed E-state index contributed by atoms with van der Waals surface area (Å²) in [6.07, 6.45) is -3.71. The lowest BCUT2D eigenvalue weighted by atomic mass is 10.1. The molecule has 0 radical (unpaired) electrons. The number of anilines is 1. The summed E-state index contributed by atoms with van der Waals surface area (Å²) in [4.78, 5) is 7.90. The number of β-amino-alcohol motifs (C(OH)–C–C–N with tert-alkyl or cyclic N) is 1. The number of nitrogens with zero attached hydrogens (tertiary/aromatic N) is 3. The first-order chi connectivity index (χ1) is 12.8. The first-order valence-electron chi connectivity index (χ1n) is 8.77. The molecule has 0 aliphatic carbocycles. The maximum absolute atomic E-state index is 13.8. The number of benzene rings is 1. The van der Waals surface area contributed by atoms with Crippen LogP contribution in [0.15, 0.2) is 42.6 Å². The first-order valence-corrected chi connectivity index (χ1v) is 8.77. The van der Waals surface area contributed by atoms with Gasteiger partial charge in [-0.1, -0.05) is 18.2 Å². The van der Waals surface area contributed by atoms with E-state index in [2.05, 4.69) is 4.98 Å². The lowest BCUT2D eigenvalue weighted by Gasteiger charge is -2.25. The molecule has 4 nitrogen and oxygen atoms in total. The average Bonchev–Trinajstić information content (AvgIpc) is 2.87. The number of halogens is 4. The number of aliphatic hydroxyl groups excluding tert-OH is 1. The molecule has 1 aliphatic rings. The molecular formula is C19H21F4N3O. The molecule has 1 N–H and O–H groups in total. The van der Waals surface area contributed by atoms with Gasteiger partial charge in [0.15, 0.2) is 0 Å². The molecule has 0 bridgehead atoms. The van der Waals surface area contributed by atoms with Crippen LogP contribution in [0.4, 0.5) is 23.4 Å². The molecule has 0 unspecified atom stereocenters. The second-order valence-electron chi connectivity index (χ2n) is 6.58. The van der Waals surface area contributed by atoms with Crippen molar-refractivity contribution >= 4 is 5.82 Å². The van der Waals surface area contributed by atoms with E-state index in [9.17, 15) is 22.7 Å². The van der Waals surface area contributed by atoms with E-state index in [1.165, 1.54) is 12.1 Å². The molecule has 8 heteroatoms. The number of pyridine rings is 1. The van der Waals surface area contributed by atoms with E-state index >= 15 is 0 Å². The van der Waals surface area contributed by atoms with Crippen molar-refractivity contribution in [1.82, 2.24) is 9.88 Å². The Balaban J connectivity index is 1.60. The van der Waals surface area contributed by atoms with E-state index in [0.29, 0.717) is 38.5 Å². The van der Waals surface area contributed by atoms with E-state index in [1.807, 2.05) is 9.80 Å². The van der Waals surface area contributed by atoms with E-state index in [1.54, 1.807) is 18.2 Å². The highest BCUT2D eigenvalue weighted by molar-refractivity contribution is 5.40. The molecule has 1 fully saturated rings. The normalized spacial score (nSPS) is 17.6. The lowest BCUT2D eigenvalue weighted by Crippen LogP contribution is -2.34. The van der Waals surface area contributed by atoms with Crippen LogP contribution in [-0.4, -0.2) is 47.7 Å². The summed E-state index contributed by atoms with van der Waals surface area (Å²) >= 11 is 0. The van der Waals surface area contributed by atoms with E-state index in [-0.39, 0.29) is 5.56 Å². The van der Waals surface area contributed by atoms with Gasteiger partial charge in [-0.25, -0.2) is 9.37 Å². The van der Waals surface area contributed by atoms with Crippen LogP contribution in [-0.2, 0) is 6.18 Å². The summed E-state index contributed by atoms with van der Waals surface area (Å²) in [5, 5.41) is 10.3. The Hall–Kier alpha value is -2.19. The molecular weight excluding hydrogens is 362 g/mol. The second kappa shape index (κ2) is 8.22. The second-order valence-corrected chi connectivity index (χ2v) is 6.58. The fourth-order valence-corrected chi connectivity index (χ4v) is 3.21. The van der Waals surface area contributed by atoms with Gasteiger partial charge in [0.05, 0.1) is 11.7 Å². The molecule has 0 spiro atoms. The third kappa shape index (κ3) is 4.95. The highest BCUT2D eigenvalue weighted by Gasteiger charge is 2.31. The monoisotopic (exact) mass is 383 g/mol. The Bertz CT molecular complexity index is 751. The molecule has 2 aromatic rings. The van der Waals surface area contributed by atoms with Gasteiger partial charge in [-0.15, -0.1) is 0 Å². The first kappa shape index (κ1) is 19.6. The fraction of sp³-hybridized carbons (Fsp3) is 0.421. The van der Waals surface area contributed by atoms with Gasteiger partial charge in [0.2, 0.25) is 0 Å². The van der Waals surface area contributed by atoms with Crippen molar-refractivity contribution in [3.05, 3.63) is 59.5 Å². The zero-order chi connectivity index (χ0) is 19.4. The van der Waals surface area contributed by atoms with E-state index < -0.39 is 23.7 Å². The Kier molecular flexibility index (Phi) is 5.96. The summed E-state index contributed by atoms with van der Waals surface area (Å²) in [6.45, 7) is 2.85. The molecule has 3 rings (SSSR count).